The van der Waals surface area contributed by atoms with Gasteiger partial charge in [-0.05, 0) is 31.4 Å². The molecule has 4 nitrogen and oxygen atoms in total. The van der Waals surface area contributed by atoms with Gasteiger partial charge in [-0.3, -0.25) is 4.79 Å². The summed E-state index contributed by atoms with van der Waals surface area (Å²) in [4.78, 5) is 25.6. The second-order valence-electron chi connectivity index (χ2n) is 4.69. The van der Waals surface area contributed by atoms with E-state index >= 15 is 0 Å². The molecule has 1 aliphatic heterocycles. The molecule has 0 aromatic heterocycles. The number of carbonyl (C=O) groups is 2. The van der Waals surface area contributed by atoms with Crippen LogP contribution in [0.2, 0.25) is 0 Å². The fraction of sp³-hybridized carbons (Fsp3) is 0.375. The first kappa shape index (κ1) is 14.3. The van der Waals surface area contributed by atoms with E-state index in [1.807, 2.05) is 30.3 Å². The molecule has 1 heterocycles. The van der Waals surface area contributed by atoms with Crippen molar-refractivity contribution in [2.24, 2.45) is 0 Å². The van der Waals surface area contributed by atoms with Crippen LogP contribution in [0.25, 0.3) is 6.08 Å². The van der Waals surface area contributed by atoms with Crippen molar-refractivity contribution in [2.75, 3.05) is 13.2 Å². The Morgan fingerprint density at radius 1 is 1.35 bits per heavy atom. The van der Waals surface area contributed by atoms with Crippen molar-refractivity contribution in [3.63, 3.8) is 0 Å². The van der Waals surface area contributed by atoms with Crippen molar-refractivity contribution in [1.29, 1.82) is 0 Å². The molecule has 1 aliphatic rings. The molecule has 1 unspecified atom stereocenters. The fourth-order valence-corrected chi connectivity index (χ4v) is 2.34. The molecule has 2 rings (SSSR count). The van der Waals surface area contributed by atoms with Crippen LogP contribution in [0.15, 0.2) is 36.4 Å². The second kappa shape index (κ2) is 6.89. The summed E-state index contributed by atoms with van der Waals surface area (Å²) >= 11 is 0. The highest BCUT2D eigenvalue weighted by molar-refractivity contribution is 5.95. The van der Waals surface area contributed by atoms with Crippen molar-refractivity contribution in [1.82, 2.24) is 4.90 Å². The molecule has 4 heteroatoms. The first-order valence-corrected chi connectivity index (χ1v) is 6.92. The standard InChI is InChI=1S/C16H19NO3/c1-2-20-16(19)14-9-6-12-17(14)15(18)11-10-13-7-4-3-5-8-13/h3-5,7-8,10-11,14H,2,6,9,12H2,1H3/b11-10+. The zero-order chi connectivity index (χ0) is 14.4. The van der Waals surface area contributed by atoms with Crippen LogP contribution in [0.3, 0.4) is 0 Å². The predicted molar refractivity (Wildman–Crippen MR) is 76.8 cm³/mol. The average molecular weight is 273 g/mol. The van der Waals surface area contributed by atoms with E-state index in [1.54, 1.807) is 17.9 Å². The molecule has 1 atom stereocenters. The number of nitrogens with zero attached hydrogens (tertiary/aromatic N) is 1. The minimum Gasteiger partial charge on any atom is -0.464 e. The summed E-state index contributed by atoms with van der Waals surface area (Å²) in [7, 11) is 0. The molecule has 20 heavy (non-hydrogen) atoms. The predicted octanol–water partition coefficient (Wildman–Crippen LogP) is 2.25. The lowest BCUT2D eigenvalue weighted by molar-refractivity contribution is -0.151. The van der Waals surface area contributed by atoms with Gasteiger partial charge in [-0.15, -0.1) is 0 Å². The maximum absolute atomic E-state index is 12.2. The monoisotopic (exact) mass is 273 g/mol. The SMILES string of the molecule is CCOC(=O)C1CCCN1C(=O)/C=C/c1ccccc1. The first-order valence-electron chi connectivity index (χ1n) is 6.92. The summed E-state index contributed by atoms with van der Waals surface area (Å²) in [6, 6.07) is 9.19. The van der Waals surface area contributed by atoms with E-state index in [0.717, 1.165) is 12.0 Å². The van der Waals surface area contributed by atoms with Gasteiger partial charge in [0.25, 0.3) is 0 Å². The molecule has 0 N–H and O–H groups in total. The normalized spacial score (nSPS) is 18.4. The van der Waals surface area contributed by atoms with E-state index in [9.17, 15) is 9.59 Å². The van der Waals surface area contributed by atoms with E-state index in [4.69, 9.17) is 4.74 Å². The van der Waals surface area contributed by atoms with Crippen molar-refractivity contribution in [3.05, 3.63) is 42.0 Å². The number of esters is 1. The van der Waals surface area contributed by atoms with Gasteiger partial charge in [0, 0.05) is 12.6 Å². The molecular formula is C16H19NO3. The molecule has 1 aromatic carbocycles. The number of rotatable bonds is 4. The van der Waals surface area contributed by atoms with E-state index in [1.165, 1.54) is 6.08 Å². The van der Waals surface area contributed by atoms with E-state index in [-0.39, 0.29) is 11.9 Å². The zero-order valence-electron chi connectivity index (χ0n) is 11.6. The third-order valence-corrected chi connectivity index (χ3v) is 3.31. The maximum atomic E-state index is 12.2. The van der Waals surface area contributed by atoms with Gasteiger partial charge in [0.05, 0.1) is 6.61 Å². The van der Waals surface area contributed by atoms with Crippen molar-refractivity contribution < 1.29 is 14.3 Å². The molecule has 1 amide bonds. The van der Waals surface area contributed by atoms with Gasteiger partial charge in [-0.1, -0.05) is 30.3 Å². The highest BCUT2D eigenvalue weighted by Crippen LogP contribution is 2.19. The first-order chi connectivity index (χ1) is 9.72. The Balaban J connectivity index is 2.01. The maximum Gasteiger partial charge on any atom is 0.328 e. The number of benzene rings is 1. The molecule has 0 saturated carbocycles. The number of hydrogen-bond donors (Lipinski definition) is 0. The third kappa shape index (κ3) is 3.47. The lowest BCUT2D eigenvalue weighted by Gasteiger charge is -2.21. The van der Waals surface area contributed by atoms with Crippen LogP contribution in [-0.4, -0.2) is 36.0 Å². The fourth-order valence-electron chi connectivity index (χ4n) is 2.34. The Hall–Kier alpha value is -2.10. The Morgan fingerprint density at radius 2 is 2.10 bits per heavy atom. The smallest absolute Gasteiger partial charge is 0.328 e. The van der Waals surface area contributed by atoms with Gasteiger partial charge in [-0.2, -0.15) is 0 Å². The molecular weight excluding hydrogens is 254 g/mol. The van der Waals surface area contributed by atoms with Crippen LogP contribution in [0, 0.1) is 0 Å². The van der Waals surface area contributed by atoms with Crippen molar-refractivity contribution >= 4 is 18.0 Å². The van der Waals surface area contributed by atoms with Crippen LogP contribution < -0.4 is 0 Å². The molecule has 106 valence electrons. The van der Waals surface area contributed by atoms with Crippen LogP contribution in [0.1, 0.15) is 25.3 Å². The van der Waals surface area contributed by atoms with Gasteiger partial charge in [0.2, 0.25) is 5.91 Å². The van der Waals surface area contributed by atoms with Crippen LogP contribution in [0.5, 0.6) is 0 Å². The van der Waals surface area contributed by atoms with Crippen LogP contribution in [-0.2, 0) is 14.3 Å². The molecule has 1 saturated heterocycles. The van der Waals surface area contributed by atoms with Gasteiger partial charge >= 0.3 is 5.97 Å². The number of carbonyl (C=O) groups excluding carboxylic acids is 2. The van der Waals surface area contributed by atoms with Gasteiger partial charge in [0.1, 0.15) is 6.04 Å². The Bertz CT molecular complexity index is 496. The number of ether oxygens (including phenoxy) is 1. The lowest BCUT2D eigenvalue weighted by Crippen LogP contribution is -2.40. The quantitative estimate of drug-likeness (QED) is 0.624. The van der Waals surface area contributed by atoms with Crippen LogP contribution in [0.4, 0.5) is 0 Å². The van der Waals surface area contributed by atoms with Gasteiger partial charge in [-0.25, -0.2) is 4.79 Å². The van der Waals surface area contributed by atoms with Crippen LogP contribution >= 0.6 is 0 Å². The summed E-state index contributed by atoms with van der Waals surface area (Å²) in [6.07, 6.45) is 4.81. The average Bonchev–Trinajstić information content (AvgIpc) is 2.96. The molecule has 1 fully saturated rings. The van der Waals surface area contributed by atoms with E-state index < -0.39 is 6.04 Å². The summed E-state index contributed by atoms with van der Waals surface area (Å²) in [5.41, 5.74) is 0.965. The molecule has 0 spiro atoms. The van der Waals surface area contributed by atoms with E-state index in [0.29, 0.717) is 19.6 Å². The molecule has 0 radical (unpaired) electrons. The number of amides is 1. The summed E-state index contributed by atoms with van der Waals surface area (Å²) in [5.74, 6) is -0.434. The highest BCUT2D eigenvalue weighted by Gasteiger charge is 2.33. The third-order valence-electron chi connectivity index (χ3n) is 3.31. The summed E-state index contributed by atoms with van der Waals surface area (Å²) < 4.78 is 5.01. The molecule has 0 bridgehead atoms. The van der Waals surface area contributed by atoms with Gasteiger partial charge in [0.15, 0.2) is 0 Å². The van der Waals surface area contributed by atoms with Crippen molar-refractivity contribution in [2.45, 2.75) is 25.8 Å². The number of likely N-dealkylation sites (tertiary alicyclic amines) is 1. The highest BCUT2D eigenvalue weighted by atomic mass is 16.5. The lowest BCUT2D eigenvalue weighted by atomic mass is 10.2. The minimum absolute atomic E-state index is 0.135. The Morgan fingerprint density at radius 3 is 2.80 bits per heavy atom. The number of hydrogen-bond acceptors (Lipinski definition) is 3. The topological polar surface area (TPSA) is 46.6 Å². The Kier molecular flexibility index (Phi) is 4.93. The minimum atomic E-state index is -0.428. The molecule has 0 aliphatic carbocycles. The largest absolute Gasteiger partial charge is 0.464 e. The Labute approximate surface area is 119 Å². The second-order valence-corrected chi connectivity index (χ2v) is 4.69. The molecule has 1 aromatic rings. The van der Waals surface area contributed by atoms with E-state index in [2.05, 4.69) is 0 Å². The van der Waals surface area contributed by atoms with Crippen molar-refractivity contribution in [3.8, 4) is 0 Å². The van der Waals surface area contributed by atoms with Gasteiger partial charge < -0.3 is 9.64 Å². The summed E-state index contributed by atoms with van der Waals surface area (Å²) in [6.45, 7) is 2.73. The summed E-state index contributed by atoms with van der Waals surface area (Å²) in [5, 5.41) is 0. The zero-order valence-corrected chi connectivity index (χ0v) is 11.6.